The van der Waals surface area contributed by atoms with Gasteiger partial charge in [-0.1, -0.05) is 0 Å². The fourth-order valence-electron chi connectivity index (χ4n) is 0.859. The Morgan fingerprint density at radius 1 is 1.53 bits per heavy atom. The Morgan fingerprint density at radius 2 is 2.12 bits per heavy atom. The van der Waals surface area contributed by atoms with E-state index in [-0.39, 0.29) is 4.47 Å². The molecule has 1 rings (SSSR count). The number of carboxylic acids is 1. The van der Waals surface area contributed by atoms with Crippen molar-refractivity contribution in [3.8, 4) is 5.88 Å². The minimum absolute atomic E-state index is 0.151. The number of hydrogen-bond acceptors (Lipinski definition) is 3. The molecule has 1 heterocycles. The summed E-state index contributed by atoms with van der Waals surface area (Å²) in [6, 6.07) is 2.41. The molecular weight excluding hydrogens is 307 g/mol. The van der Waals surface area contributed by atoms with Gasteiger partial charge in [0, 0.05) is 0 Å². The fraction of sp³-hybridized carbons (Fsp3) is 0.333. The van der Waals surface area contributed by atoms with Gasteiger partial charge in [-0.2, -0.15) is 13.2 Å². The number of carboxylic acid groups (broad SMARTS) is 1. The molecule has 0 saturated heterocycles. The number of aromatic nitrogens is 1. The molecule has 8 heteroatoms. The van der Waals surface area contributed by atoms with Crippen molar-refractivity contribution < 1.29 is 27.8 Å². The second kappa shape index (κ2) is 4.91. The lowest BCUT2D eigenvalue weighted by Gasteiger charge is -2.17. The number of rotatable bonds is 3. The molecule has 0 spiro atoms. The monoisotopic (exact) mass is 313 g/mol. The number of aromatic carboxylic acids is 1. The third-order valence-corrected chi connectivity index (χ3v) is 2.39. The second-order valence-corrected chi connectivity index (χ2v) is 3.94. The molecule has 0 saturated carbocycles. The summed E-state index contributed by atoms with van der Waals surface area (Å²) >= 11 is 2.93. The van der Waals surface area contributed by atoms with Crippen molar-refractivity contribution in [2.24, 2.45) is 0 Å². The Labute approximate surface area is 103 Å². The molecule has 0 aliphatic heterocycles. The van der Waals surface area contributed by atoms with Crippen molar-refractivity contribution in [1.29, 1.82) is 0 Å². The molecule has 0 fully saturated rings. The molecule has 0 bridgehead atoms. The number of ether oxygens (including phenoxy) is 1. The topological polar surface area (TPSA) is 59.4 Å². The maximum Gasteiger partial charge on any atom is 0.425 e. The number of alkyl halides is 3. The smallest absolute Gasteiger partial charge is 0.425 e. The maximum atomic E-state index is 12.2. The predicted molar refractivity (Wildman–Crippen MR) is 55.0 cm³/mol. The summed E-state index contributed by atoms with van der Waals surface area (Å²) < 4.78 is 41.4. The van der Waals surface area contributed by atoms with Crippen LogP contribution in [0.4, 0.5) is 13.2 Å². The van der Waals surface area contributed by atoms with Crippen LogP contribution >= 0.6 is 15.9 Å². The van der Waals surface area contributed by atoms with Gasteiger partial charge in [0.2, 0.25) is 5.88 Å². The fourth-order valence-corrected chi connectivity index (χ4v) is 1.17. The van der Waals surface area contributed by atoms with Crippen LogP contribution in [-0.4, -0.2) is 28.3 Å². The molecule has 1 N–H and O–H groups in total. The van der Waals surface area contributed by atoms with Crippen molar-refractivity contribution in [1.82, 2.24) is 4.98 Å². The number of hydrogen-bond donors (Lipinski definition) is 1. The summed E-state index contributed by atoms with van der Waals surface area (Å²) in [6.45, 7) is 0.807. The van der Waals surface area contributed by atoms with E-state index in [9.17, 15) is 18.0 Å². The van der Waals surface area contributed by atoms with E-state index in [1.165, 1.54) is 6.07 Å². The summed E-state index contributed by atoms with van der Waals surface area (Å²) in [5, 5.41) is 8.64. The molecular formula is C9H7BrF3NO3. The normalized spacial score (nSPS) is 13.2. The maximum absolute atomic E-state index is 12.2. The van der Waals surface area contributed by atoms with Crippen LogP contribution < -0.4 is 4.74 Å². The zero-order valence-electron chi connectivity index (χ0n) is 8.45. The van der Waals surface area contributed by atoms with Gasteiger partial charge in [0.25, 0.3) is 0 Å². The first-order valence-electron chi connectivity index (χ1n) is 4.35. The first-order chi connectivity index (χ1) is 7.71. The highest BCUT2D eigenvalue weighted by Gasteiger charge is 2.38. The number of carbonyl (C=O) groups is 1. The van der Waals surface area contributed by atoms with E-state index in [1.807, 2.05) is 0 Å². The quantitative estimate of drug-likeness (QED) is 0.932. The van der Waals surface area contributed by atoms with Crippen LogP contribution in [0.1, 0.15) is 17.4 Å². The molecule has 0 unspecified atom stereocenters. The Kier molecular flexibility index (Phi) is 3.97. The Balaban J connectivity index is 2.98. The lowest BCUT2D eigenvalue weighted by atomic mass is 10.3. The zero-order chi connectivity index (χ0) is 13.2. The van der Waals surface area contributed by atoms with Crippen molar-refractivity contribution >= 4 is 21.9 Å². The molecule has 17 heavy (non-hydrogen) atoms. The summed E-state index contributed by atoms with van der Waals surface area (Å²) in [6.07, 6.45) is -6.62. The minimum atomic E-state index is -4.54. The van der Waals surface area contributed by atoms with E-state index in [1.54, 1.807) is 0 Å². The van der Waals surface area contributed by atoms with Gasteiger partial charge in [-0.05, 0) is 35.0 Å². The minimum Gasteiger partial charge on any atom is -0.477 e. The number of pyridine rings is 1. The second-order valence-electron chi connectivity index (χ2n) is 3.09. The first-order valence-corrected chi connectivity index (χ1v) is 5.14. The first kappa shape index (κ1) is 13.8. The van der Waals surface area contributed by atoms with E-state index >= 15 is 0 Å². The Morgan fingerprint density at radius 3 is 2.59 bits per heavy atom. The van der Waals surface area contributed by atoms with Gasteiger partial charge in [-0.3, -0.25) is 0 Å². The van der Waals surface area contributed by atoms with E-state index in [0.717, 1.165) is 13.0 Å². The molecule has 1 aromatic heterocycles. The Bertz CT molecular complexity index is 436. The van der Waals surface area contributed by atoms with Gasteiger partial charge in [0.15, 0.2) is 11.8 Å². The van der Waals surface area contributed by atoms with Crippen LogP contribution in [-0.2, 0) is 0 Å². The average Bonchev–Trinajstić information content (AvgIpc) is 2.19. The molecule has 0 radical (unpaired) electrons. The summed E-state index contributed by atoms with van der Waals surface area (Å²) in [4.78, 5) is 14.0. The zero-order valence-corrected chi connectivity index (χ0v) is 10.0. The standard InChI is InChI=1S/C9H7BrF3NO3/c1-4(9(11,12)13)17-7-5(10)2-3-6(14-7)8(15)16/h2-4H,1H3,(H,15,16)/t4-/m0/s1. The van der Waals surface area contributed by atoms with Crippen molar-refractivity contribution in [3.63, 3.8) is 0 Å². The third kappa shape index (κ3) is 3.58. The van der Waals surface area contributed by atoms with Crippen LogP contribution in [0.3, 0.4) is 0 Å². The third-order valence-electron chi connectivity index (χ3n) is 1.78. The summed E-state index contributed by atoms with van der Waals surface area (Å²) in [7, 11) is 0. The highest BCUT2D eigenvalue weighted by atomic mass is 79.9. The van der Waals surface area contributed by atoms with Gasteiger partial charge in [0.1, 0.15) is 0 Å². The highest BCUT2D eigenvalue weighted by molar-refractivity contribution is 9.10. The lowest BCUT2D eigenvalue weighted by molar-refractivity contribution is -0.190. The van der Waals surface area contributed by atoms with E-state index in [2.05, 4.69) is 25.7 Å². The molecule has 0 amide bonds. The molecule has 1 aromatic rings. The largest absolute Gasteiger partial charge is 0.477 e. The van der Waals surface area contributed by atoms with E-state index in [4.69, 9.17) is 5.11 Å². The van der Waals surface area contributed by atoms with Crippen LogP contribution in [0.2, 0.25) is 0 Å². The molecule has 0 aliphatic carbocycles. The predicted octanol–water partition coefficient (Wildman–Crippen LogP) is 2.87. The van der Waals surface area contributed by atoms with Crippen LogP contribution in [0, 0.1) is 0 Å². The average molecular weight is 314 g/mol. The SMILES string of the molecule is C[C@H](Oc1nc(C(=O)O)ccc1Br)C(F)(F)F. The van der Waals surface area contributed by atoms with Crippen molar-refractivity contribution in [3.05, 3.63) is 22.3 Å². The highest BCUT2D eigenvalue weighted by Crippen LogP contribution is 2.28. The Hall–Kier alpha value is -1.31. The number of halogens is 4. The molecule has 0 aliphatic rings. The van der Waals surface area contributed by atoms with Crippen molar-refractivity contribution in [2.45, 2.75) is 19.2 Å². The van der Waals surface area contributed by atoms with E-state index < -0.39 is 29.8 Å². The molecule has 0 aromatic carbocycles. The van der Waals surface area contributed by atoms with Crippen LogP contribution in [0.5, 0.6) is 5.88 Å². The van der Waals surface area contributed by atoms with Gasteiger partial charge in [0.05, 0.1) is 4.47 Å². The van der Waals surface area contributed by atoms with Gasteiger partial charge >= 0.3 is 12.1 Å². The lowest BCUT2D eigenvalue weighted by Crippen LogP contribution is -2.31. The van der Waals surface area contributed by atoms with Gasteiger partial charge in [-0.15, -0.1) is 0 Å². The molecule has 94 valence electrons. The molecule has 4 nitrogen and oxygen atoms in total. The van der Waals surface area contributed by atoms with Crippen molar-refractivity contribution in [2.75, 3.05) is 0 Å². The van der Waals surface area contributed by atoms with Gasteiger partial charge < -0.3 is 9.84 Å². The summed E-state index contributed by atoms with van der Waals surface area (Å²) in [5.41, 5.74) is -0.391. The number of nitrogens with zero attached hydrogens (tertiary/aromatic N) is 1. The van der Waals surface area contributed by atoms with E-state index in [0.29, 0.717) is 0 Å². The van der Waals surface area contributed by atoms with Gasteiger partial charge in [-0.25, -0.2) is 9.78 Å². The van der Waals surface area contributed by atoms with Crippen LogP contribution in [0.15, 0.2) is 16.6 Å². The van der Waals surface area contributed by atoms with Crippen LogP contribution in [0.25, 0.3) is 0 Å². The molecule has 1 atom stereocenters. The summed E-state index contributed by atoms with van der Waals surface area (Å²) in [5.74, 6) is -1.75.